The largest absolute Gasteiger partial charge is 0.479 e. The van der Waals surface area contributed by atoms with Crippen molar-refractivity contribution >= 4 is 21.9 Å². The molecule has 0 aliphatic heterocycles. The Bertz CT molecular complexity index is 650. The van der Waals surface area contributed by atoms with Crippen molar-refractivity contribution in [2.45, 2.75) is 32.2 Å². The van der Waals surface area contributed by atoms with Gasteiger partial charge in [0.05, 0.1) is 0 Å². The molecule has 1 aromatic carbocycles. The number of aromatic nitrogens is 4. The fourth-order valence-corrected chi connectivity index (χ4v) is 2.75. The molecule has 0 saturated heterocycles. The maximum atomic E-state index is 13.5. The van der Waals surface area contributed by atoms with Crippen LogP contribution in [0.3, 0.4) is 0 Å². The Labute approximate surface area is 129 Å². The molecule has 0 radical (unpaired) electrons. The maximum Gasteiger partial charge on any atom is 0.331 e. The van der Waals surface area contributed by atoms with E-state index in [4.69, 9.17) is 0 Å². The second-order valence-electron chi connectivity index (χ2n) is 4.62. The van der Waals surface area contributed by atoms with E-state index < -0.39 is 17.3 Å². The molecule has 6 nitrogen and oxygen atoms in total. The van der Waals surface area contributed by atoms with Crippen molar-refractivity contribution in [2.75, 3.05) is 0 Å². The highest BCUT2D eigenvalue weighted by molar-refractivity contribution is 9.10. The molecule has 0 amide bonds. The van der Waals surface area contributed by atoms with E-state index in [1.165, 1.54) is 16.8 Å². The Morgan fingerprint density at radius 1 is 1.38 bits per heavy atom. The van der Waals surface area contributed by atoms with Crippen molar-refractivity contribution in [3.63, 3.8) is 0 Å². The summed E-state index contributed by atoms with van der Waals surface area (Å²) < 4.78 is 15.3. The van der Waals surface area contributed by atoms with Gasteiger partial charge in [-0.1, -0.05) is 29.8 Å². The van der Waals surface area contributed by atoms with Crippen LogP contribution in [-0.2, 0) is 10.3 Å². The molecule has 1 aromatic heterocycles. The van der Waals surface area contributed by atoms with Crippen molar-refractivity contribution in [2.24, 2.45) is 0 Å². The molecule has 2 rings (SSSR count). The van der Waals surface area contributed by atoms with Crippen molar-refractivity contribution in [3.05, 3.63) is 28.5 Å². The van der Waals surface area contributed by atoms with Gasteiger partial charge in [-0.05, 0) is 41.5 Å². The van der Waals surface area contributed by atoms with Crippen molar-refractivity contribution in [3.8, 4) is 11.4 Å². The predicted octanol–water partition coefficient (Wildman–Crippen LogP) is 2.84. The number of carboxylic acids is 1. The number of nitrogens with zero attached hydrogens (tertiary/aromatic N) is 4. The van der Waals surface area contributed by atoms with Gasteiger partial charge in [0, 0.05) is 10.0 Å². The summed E-state index contributed by atoms with van der Waals surface area (Å²) in [4.78, 5) is 11.7. The number of carboxylic acid groups (broad SMARTS) is 1. The van der Waals surface area contributed by atoms with Crippen molar-refractivity contribution in [1.82, 2.24) is 20.2 Å². The molecule has 21 heavy (non-hydrogen) atoms. The van der Waals surface area contributed by atoms with E-state index in [0.717, 1.165) is 0 Å². The van der Waals surface area contributed by atoms with Gasteiger partial charge in [0.2, 0.25) is 0 Å². The lowest BCUT2D eigenvalue weighted by Crippen LogP contribution is -2.42. The van der Waals surface area contributed by atoms with E-state index in [0.29, 0.717) is 22.9 Å². The number of tetrazole rings is 1. The van der Waals surface area contributed by atoms with Crippen LogP contribution in [0.2, 0.25) is 0 Å². The quantitative estimate of drug-likeness (QED) is 0.890. The third-order valence-electron chi connectivity index (χ3n) is 3.56. The fraction of sp³-hybridized carbons (Fsp3) is 0.385. The van der Waals surface area contributed by atoms with Gasteiger partial charge in [-0.3, -0.25) is 0 Å². The zero-order valence-corrected chi connectivity index (χ0v) is 13.1. The van der Waals surface area contributed by atoms with Crippen LogP contribution in [0.4, 0.5) is 4.39 Å². The first-order valence-corrected chi connectivity index (χ1v) is 7.22. The molecule has 0 bridgehead atoms. The van der Waals surface area contributed by atoms with Gasteiger partial charge in [-0.15, -0.1) is 5.10 Å². The van der Waals surface area contributed by atoms with Gasteiger partial charge in [0.25, 0.3) is 0 Å². The number of hydrogen-bond donors (Lipinski definition) is 1. The second kappa shape index (κ2) is 5.88. The Hall–Kier alpha value is -1.83. The molecule has 2 aromatic rings. The molecule has 0 unspecified atom stereocenters. The lowest BCUT2D eigenvalue weighted by atomic mass is 9.92. The first-order valence-electron chi connectivity index (χ1n) is 6.43. The third-order valence-corrected chi connectivity index (χ3v) is 4.02. The highest BCUT2D eigenvalue weighted by Crippen LogP contribution is 2.30. The number of carbonyl (C=O) groups is 1. The summed E-state index contributed by atoms with van der Waals surface area (Å²) in [6.45, 7) is 3.51. The second-order valence-corrected chi connectivity index (χ2v) is 5.53. The van der Waals surface area contributed by atoms with E-state index >= 15 is 0 Å². The Balaban J connectivity index is 2.64. The zero-order valence-electron chi connectivity index (χ0n) is 11.5. The third kappa shape index (κ3) is 2.67. The molecule has 0 aliphatic carbocycles. The summed E-state index contributed by atoms with van der Waals surface area (Å²) in [7, 11) is 0. The summed E-state index contributed by atoms with van der Waals surface area (Å²) in [6.07, 6.45) is 0.626. The molecule has 0 fully saturated rings. The molecule has 1 heterocycles. The molecule has 0 spiro atoms. The molecular formula is C13H14BrFN4O2. The Morgan fingerprint density at radius 3 is 2.57 bits per heavy atom. The maximum absolute atomic E-state index is 13.5. The van der Waals surface area contributed by atoms with Gasteiger partial charge >= 0.3 is 5.97 Å². The summed E-state index contributed by atoms with van der Waals surface area (Å²) in [5.74, 6) is -1.25. The van der Waals surface area contributed by atoms with E-state index in [1.54, 1.807) is 19.9 Å². The molecule has 8 heteroatoms. The van der Waals surface area contributed by atoms with Gasteiger partial charge in [-0.25, -0.2) is 13.9 Å². The highest BCUT2D eigenvalue weighted by Gasteiger charge is 2.40. The van der Waals surface area contributed by atoms with E-state index in [-0.39, 0.29) is 5.82 Å². The van der Waals surface area contributed by atoms with Crippen LogP contribution in [0.5, 0.6) is 0 Å². The molecule has 0 aliphatic rings. The van der Waals surface area contributed by atoms with E-state index in [1.807, 2.05) is 0 Å². The lowest BCUT2D eigenvalue weighted by Gasteiger charge is -2.27. The Kier molecular flexibility index (Phi) is 4.36. The average Bonchev–Trinajstić information content (AvgIpc) is 2.89. The molecule has 1 N–H and O–H groups in total. The number of rotatable bonds is 5. The Morgan fingerprint density at radius 2 is 2.05 bits per heavy atom. The van der Waals surface area contributed by atoms with E-state index in [9.17, 15) is 14.3 Å². The minimum Gasteiger partial charge on any atom is -0.479 e. The highest BCUT2D eigenvalue weighted by atomic mass is 79.9. The van der Waals surface area contributed by atoms with Crippen molar-refractivity contribution in [1.29, 1.82) is 0 Å². The van der Waals surface area contributed by atoms with Crippen LogP contribution in [0.1, 0.15) is 26.7 Å². The molecule has 112 valence electrons. The molecule has 0 atom stereocenters. The van der Waals surface area contributed by atoms with Crippen LogP contribution in [0.25, 0.3) is 11.4 Å². The number of halogens is 2. The first kappa shape index (κ1) is 15.6. The van der Waals surface area contributed by atoms with Crippen LogP contribution in [0, 0.1) is 5.82 Å². The summed E-state index contributed by atoms with van der Waals surface area (Å²) in [6, 6.07) is 4.22. The smallest absolute Gasteiger partial charge is 0.331 e. The van der Waals surface area contributed by atoms with Crippen LogP contribution in [0.15, 0.2) is 22.7 Å². The van der Waals surface area contributed by atoms with Gasteiger partial charge in [-0.2, -0.15) is 0 Å². The van der Waals surface area contributed by atoms with Gasteiger partial charge in [0.1, 0.15) is 5.82 Å². The fourth-order valence-electron chi connectivity index (χ4n) is 2.28. The first-order chi connectivity index (χ1) is 9.94. The van der Waals surface area contributed by atoms with E-state index in [2.05, 4.69) is 31.5 Å². The van der Waals surface area contributed by atoms with Crippen LogP contribution in [-0.4, -0.2) is 31.3 Å². The normalized spacial score (nSPS) is 11.6. The number of aliphatic carboxylic acids is 1. The van der Waals surface area contributed by atoms with Crippen LogP contribution >= 0.6 is 15.9 Å². The number of benzene rings is 1. The monoisotopic (exact) mass is 356 g/mol. The average molecular weight is 357 g/mol. The lowest BCUT2D eigenvalue weighted by molar-refractivity contribution is -0.148. The summed E-state index contributed by atoms with van der Waals surface area (Å²) >= 11 is 3.20. The SMILES string of the molecule is CCC(CC)(C(=O)O)n1nnnc1-c1cc(F)cc(Br)c1. The molecular weight excluding hydrogens is 343 g/mol. The topological polar surface area (TPSA) is 80.9 Å². The molecule has 0 saturated carbocycles. The summed E-state index contributed by atoms with van der Waals surface area (Å²) in [5.41, 5.74) is -0.836. The van der Waals surface area contributed by atoms with Gasteiger partial charge in [0.15, 0.2) is 11.4 Å². The van der Waals surface area contributed by atoms with Gasteiger partial charge < -0.3 is 5.11 Å². The number of hydrogen-bond acceptors (Lipinski definition) is 4. The zero-order chi connectivity index (χ0) is 15.6. The summed E-state index contributed by atoms with van der Waals surface area (Å²) in [5, 5.41) is 20.8. The van der Waals surface area contributed by atoms with Crippen LogP contribution < -0.4 is 0 Å². The standard InChI is InChI=1S/C13H14BrFN4O2/c1-3-13(4-2,12(20)21)19-11(16-17-18-19)8-5-9(14)7-10(15)6-8/h5-7H,3-4H2,1-2H3,(H,20,21). The predicted molar refractivity (Wildman–Crippen MR) is 77.1 cm³/mol. The minimum absolute atomic E-state index is 0.223. The minimum atomic E-state index is -1.25. The van der Waals surface area contributed by atoms with Crippen molar-refractivity contribution < 1.29 is 14.3 Å².